The van der Waals surface area contributed by atoms with E-state index in [1.807, 2.05) is 0 Å². The number of hydrogen-bond acceptors (Lipinski definition) is 5. The third-order valence-electron chi connectivity index (χ3n) is 1.74. The molecule has 0 atom stereocenters. The molecule has 0 saturated heterocycles. The van der Waals surface area contributed by atoms with Crippen LogP contribution in [-0.4, -0.2) is 23.7 Å². The maximum atomic E-state index is 11.0. The molecule has 1 aromatic rings. The van der Waals surface area contributed by atoms with E-state index < -0.39 is 16.6 Å². The molecule has 15 heavy (non-hydrogen) atoms. The zero-order chi connectivity index (χ0) is 11.4. The van der Waals surface area contributed by atoms with Gasteiger partial charge in [-0.2, -0.15) is 0 Å². The van der Waals surface area contributed by atoms with Gasteiger partial charge in [0.25, 0.3) is 5.69 Å². The predicted octanol–water partition coefficient (Wildman–Crippen LogP) is 1.14. The number of benzene rings is 1. The third kappa shape index (κ3) is 2.37. The van der Waals surface area contributed by atoms with Gasteiger partial charge in [-0.25, -0.2) is 4.79 Å². The van der Waals surface area contributed by atoms with Crippen molar-refractivity contribution >= 4 is 17.4 Å². The molecular formula is C9H8N2O4. The van der Waals surface area contributed by atoms with E-state index in [-0.39, 0.29) is 11.3 Å². The van der Waals surface area contributed by atoms with Gasteiger partial charge >= 0.3 is 5.97 Å². The van der Waals surface area contributed by atoms with Gasteiger partial charge < -0.3 is 4.74 Å². The highest BCUT2D eigenvalue weighted by molar-refractivity contribution is 6.41. The summed E-state index contributed by atoms with van der Waals surface area (Å²) in [5.74, 6) is -0.824. The lowest BCUT2D eigenvalue weighted by molar-refractivity contribution is -0.384. The van der Waals surface area contributed by atoms with Gasteiger partial charge in [-0.15, -0.1) is 0 Å². The summed E-state index contributed by atoms with van der Waals surface area (Å²) in [6, 6.07) is 5.28. The first-order valence-corrected chi connectivity index (χ1v) is 3.98. The first kappa shape index (κ1) is 10.8. The zero-order valence-electron chi connectivity index (χ0n) is 7.89. The van der Waals surface area contributed by atoms with E-state index in [0.717, 1.165) is 13.2 Å². The van der Waals surface area contributed by atoms with E-state index in [4.69, 9.17) is 5.41 Å². The van der Waals surface area contributed by atoms with Crippen molar-refractivity contribution in [3.8, 4) is 0 Å². The first-order valence-electron chi connectivity index (χ1n) is 3.98. The molecule has 0 aliphatic rings. The van der Waals surface area contributed by atoms with E-state index in [2.05, 4.69) is 4.74 Å². The maximum Gasteiger partial charge on any atom is 0.356 e. The van der Waals surface area contributed by atoms with Crippen LogP contribution in [0, 0.1) is 15.5 Å². The van der Waals surface area contributed by atoms with Crippen LogP contribution in [0.3, 0.4) is 0 Å². The lowest BCUT2D eigenvalue weighted by Gasteiger charge is -2.01. The second kappa shape index (κ2) is 4.32. The summed E-state index contributed by atoms with van der Waals surface area (Å²) in [6.45, 7) is 0. The lowest BCUT2D eigenvalue weighted by atomic mass is 10.1. The summed E-state index contributed by atoms with van der Waals surface area (Å²) in [5, 5.41) is 17.8. The van der Waals surface area contributed by atoms with Crippen molar-refractivity contribution in [1.29, 1.82) is 5.41 Å². The highest BCUT2D eigenvalue weighted by atomic mass is 16.6. The molecular weight excluding hydrogens is 200 g/mol. The van der Waals surface area contributed by atoms with Gasteiger partial charge in [-0.1, -0.05) is 12.1 Å². The van der Waals surface area contributed by atoms with Gasteiger partial charge in [-0.05, 0) is 0 Å². The minimum Gasteiger partial charge on any atom is -0.464 e. The number of rotatable bonds is 3. The number of ether oxygens (including phenoxy) is 1. The molecule has 0 aliphatic heterocycles. The van der Waals surface area contributed by atoms with Crippen molar-refractivity contribution in [2.45, 2.75) is 0 Å². The van der Waals surface area contributed by atoms with Gasteiger partial charge in [0, 0.05) is 17.7 Å². The lowest BCUT2D eigenvalue weighted by Crippen LogP contribution is -2.15. The molecule has 0 bridgehead atoms. The second-order valence-electron chi connectivity index (χ2n) is 2.67. The van der Waals surface area contributed by atoms with Gasteiger partial charge in [-0.3, -0.25) is 15.5 Å². The molecule has 1 N–H and O–H groups in total. The summed E-state index contributed by atoms with van der Waals surface area (Å²) in [5.41, 5.74) is -0.404. The van der Waals surface area contributed by atoms with Crippen molar-refractivity contribution in [2.75, 3.05) is 7.11 Å². The number of carbonyl (C=O) groups excluding carboxylic acids is 1. The Kier molecular flexibility index (Phi) is 3.12. The Bertz CT molecular complexity index is 428. The number of non-ortho nitro benzene ring substituents is 1. The Morgan fingerprint density at radius 3 is 2.73 bits per heavy atom. The SMILES string of the molecule is COC(=O)C(=N)c1cccc([N+](=O)[O-])c1. The van der Waals surface area contributed by atoms with Crippen LogP contribution in [0.5, 0.6) is 0 Å². The summed E-state index contributed by atoms with van der Waals surface area (Å²) in [6.07, 6.45) is 0. The molecule has 0 aromatic heterocycles. The fourth-order valence-electron chi connectivity index (χ4n) is 0.995. The Morgan fingerprint density at radius 1 is 1.53 bits per heavy atom. The highest BCUT2D eigenvalue weighted by Crippen LogP contribution is 2.13. The van der Waals surface area contributed by atoms with Crippen LogP contribution in [0.25, 0.3) is 0 Å². The molecule has 0 unspecified atom stereocenters. The molecule has 0 amide bonds. The predicted molar refractivity (Wildman–Crippen MR) is 51.9 cm³/mol. The van der Waals surface area contributed by atoms with E-state index in [0.29, 0.717) is 0 Å². The van der Waals surface area contributed by atoms with Crippen LogP contribution in [0.4, 0.5) is 5.69 Å². The van der Waals surface area contributed by atoms with Crippen molar-refractivity contribution in [3.05, 3.63) is 39.9 Å². The largest absolute Gasteiger partial charge is 0.464 e. The minimum absolute atomic E-state index is 0.163. The number of nitrogens with zero attached hydrogens (tertiary/aromatic N) is 1. The number of nitrogens with one attached hydrogen (secondary N) is 1. The molecule has 1 rings (SSSR count). The number of methoxy groups -OCH3 is 1. The number of carbonyl (C=O) groups is 1. The molecule has 78 valence electrons. The van der Waals surface area contributed by atoms with Crippen LogP contribution in [0.15, 0.2) is 24.3 Å². The molecule has 1 aromatic carbocycles. The Morgan fingerprint density at radius 2 is 2.20 bits per heavy atom. The molecule has 6 nitrogen and oxygen atoms in total. The van der Waals surface area contributed by atoms with Crippen molar-refractivity contribution in [3.63, 3.8) is 0 Å². The van der Waals surface area contributed by atoms with Gasteiger partial charge in [0.1, 0.15) is 5.71 Å². The van der Waals surface area contributed by atoms with E-state index in [1.165, 1.54) is 18.2 Å². The number of nitro benzene ring substituents is 1. The normalized spacial score (nSPS) is 9.40. The van der Waals surface area contributed by atoms with Crippen LogP contribution in [0.1, 0.15) is 5.56 Å². The summed E-state index contributed by atoms with van der Waals surface area (Å²) in [7, 11) is 1.15. The quantitative estimate of drug-likeness (QED) is 0.348. The average molecular weight is 208 g/mol. The summed E-state index contributed by atoms with van der Waals surface area (Å²) >= 11 is 0. The Balaban J connectivity index is 3.05. The third-order valence-corrected chi connectivity index (χ3v) is 1.74. The van der Waals surface area contributed by atoms with Crippen molar-refractivity contribution in [1.82, 2.24) is 0 Å². The molecule has 0 heterocycles. The second-order valence-corrected chi connectivity index (χ2v) is 2.67. The van der Waals surface area contributed by atoms with Gasteiger partial charge in [0.2, 0.25) is 0 Å². The van der Waals surface area contributed by atoms with Crippen LogP contribution in [-0.2, 0) is 9.53 Å². The molecule has 0 radical (unpaired) electrons. The number of hydrogen-bond donors (Lipinski definition) is 1. The van der Waals surface area contributed by atoms with Gasteiger partial charge in [0.05, 0.1) is 12.0 Å². The molecule has 0 fully saturated rings. The van der Waals surface area contributed by atoms with Crippen molar-refractivity contribution < 1.29 is 14.5 Å². The van der Waals surface area contributed by atoms with E-state index >= 15 is 0 Å². The Labute approximate surface area is 85.1 Å². The van der Waals surface area contributed by atoms with E-state index in [9.17, 15) is 14.9 Å². The molecule has 0 aliphatic carbocycles. The first-order chi connectivity index (χ1) is 7.06. The average Bonchev–Trinajstić information content (AvgIpc) is 2.27. The van der Waals surface area contributed by atoms with E-state index in [1.54, 1.807) is 0 Å². The molecule has 6 heteroatoms. The summed E-state index contributed by atoms with van der Waals surface area (Å²) in [4.78, 5) is 20.8. The standard InChI is InChI=1S/C9H8N2O4/c1-15-9(12)8(10)6-3-2-4-7(5-6)11(13)14/h2-5,10H,1H3. The van der Waals surface area contributed by atoms with Crippen LogP contribution < -0.4 is 0 Å². The molecule has 0 saturated carbocycles. The smallest absolute Gasteiger partial charge is 0.356 e. The van der Waals surface area contributed by atoms with Gasteiger partial charge in [0.15, 0.2) is 0 Å². The highest BCUT2D eigenvalue weighted by Gasteiger charge is 2.14. The van der Waals surface area contributed by atoms with Crippen molar-refractivity contribution in [2.24, 2.45) is 0 Å². The fraction of sp³-hybridized carbons (Fsp3) is 0.111. The molecule has 0 spiro atoms. The van der Waals surface area contributed by atoms with Crippen LogP contribution >= 0.6 is 0 Å². The monoisotopic (exact) mass is 208 g/mol. The zero-order valence-corrected chi connectivity index (χ0v) is 7.89. The Hall–Kier alpha value is -2.24. The van der Waals surface area contributed by atoms with Crippen LogP contribution in [0.2, 0.25) is 0 Å². The topological polar surface area (TPSA) is 93.3 Å². The fourth-order valence-corrected chi connectivity index (χ4v) is 0.995. The number of nitro groups is 1. The maximum absolute atomic E-state index is 11.0. The minimum atomic E-state index is -0.824. The number of esters is 1. The summed E-state index contributed by atoms with van der Waals surface area (Å²) < 4.78 is 4.33.